The van der Waals surface area contributed by atoms with Gasteiger partial charge in [-0.2, -0.15) is 0 Å². The maximum absolute atomic E-state index is 12.8. The van der Waals surface area contributed by atoms with Gasteiger partial charge in [0.2, 0.25) is 0 Å². The van der Waals surface area contributed by atoms with Crippen LogP contribution in [-0.4, -0.2) is 24.0 Å². The van der Waals surface area contributed by atoms with Crippen molar-refractivity contribution in [2.75, 3.05) is 18.5 Å². The summed E-state index contributed by atoms with van der Waals surface area (Å²) < 4.78 is 5.72. The average molecular weight is 336 g/mol. The zero-order chi connectivity index (χ0) is 17.6. The Balaban J connectivity index is 1.84. The minimum atomic E-state index is -0.218. The Morgan fingerprint density at radius 2 is 1.96 bits per heavy atom. The Morgan fingerprint density at radius 3 is 2.68 bits per heavy atom. The molecule has 0 bridgehead atoms. The molecule has 0 fully saturated rings. The molecule has 1 N–H and O–H groups in total. The van der Waals surface area contributed by atoms with Crippen LogP contribution < -0.4 is 10.1 Å². The van der Waals surface area contributed by atoms with Crippen LogP contribution in [0.25, 0.3) is 0 Å². The molecule has 0 saturated heterocycles. The van der Waals surface area contributed by atoms with Crippen molar-refractivity contribution in [3.8, 4) is 5.75 Å². The Kier molecular flexibility index (Phi) is 5.39. The second kappa shape index (κ2) is 7.88. The Hall–Kier alpha value is -2.75. The number of nitrogens with one attached hydrogen (secondary N) is 1. The quantitative estimate of drug-likeness (QED) is 0.592. The van der Waals surface area contributed by atoms with Gasteiger partial charge < -0.3 is 15.0 Å². The lowest BCUT2D eigenvalue weighted by atomic mass is 10.0. The summed E-state index contributed by atoms with van der Waals surface area (Å²) in [4.78, 5) is 14.6. The topological polar surface area (TPSA) is 41.6 Å². The van der Waals surface area contributed by atoms with Gasteiger partial charge in [0.25, 0.3) is 5.91 Å². The first-order valence-electron chi connectivity index (χ1n) is 8.74. The van der Waals surface area contributed by atoms with E-state index in [1.807, 2.05) is 48.5 Å². The van der Waals surface area contributed by atoms with Crippen LogP contribution in [0.1, 0.15) is 41.9 Å². The summed E-state index contributed by atoms with van der Waals surface area (Å²) in [7, 11) is 0. The fourth-order valence-corrected chi connectivity index (χ4v) is 2.96. The molecule has 3 rings (SSSR count). The Morgan fingerprint density at radius 1 is 1.20 bits per heavy atom. The largest absolute Gasteiger partial charge is 0.494 e. The summed E-state index contributed by atoms with van der Waals surface area (Å²) in [5, 5.41) is 3.47. The van der Waals surface area contributed by atoms with Crippen LogP contribution in [0.5, 0.6) is 5.75 Å². The third kappa shape index (κ3) is 3.68. The van der Waals surface area contributed by atoms with Crippen molar-refractivity contribution < 1.29 is 9.53 Å². The second-order valence-electron chi connectivity index (χ2n) is 6.11. The van der Waals surface area contributed by atoms with Gasteiger partial charge in [0.15, 0.2) is 0 Å². The van der Waals surface area contributed by atoms with E-state index in [0.717, 1.165) is 36.4 Å². The molecule has 2 aromatic carbocycles. The van der Waals surface area contributed by atoms with Gasteiger partial charge in [0.05, 0.1) is 12.2 Å². The lowest BCUT2D eigenvalue weighted by Crippen LogP contribution is -2.42. The van der Waals surface area contributed by atoms with Crippen molar-refractivity contribution in [2.45, 2.75) is 25.9 Å². The van der Waals surface area contributed by atoms with Crippen molar-refractivity contribution in [3.05, 3.63) is 72.3 Å². The number of hydrogen-bond acceptors (Lipinski definition) is 3. The number of carbonyl (C=O) groups is 1. The third-order valence-corrected chi connectivity index (χ3v) is 4.31. The molecule has 130 valence electrons. The summed E-state index contributed by atoms with van der Waals surface area (Å²) in [5.74, 6) is 0.873. The summed E-state index contributed by atoms with van der Waals surface area (Å²) in [5.41, 5.74) is 2.58. The number of amides is 1. The van der Waals surface area contributed by atoms with Crippen molar-refractivity contribution >= 4 is 11.6 Å². The summed E-state index contributed by atoms with van der Waals surface area (Å²) >= 11 is 0. The predicted octanol–water partition coefficient (Wildman–Crippen LogP) is 4.62. The van der Waals surface area contributed by atoms with E-state index in [0.29, 0.717) is 12.1 Å². The van der Waals surface area contributed by atoms with E-state index in [9.17, 15) is 4.79 Å². The fourth-order valence-electron chi connectivity index (χ4n) is 2.96. The number of fused-ring (bicyclic) bond motifs is 1. The van der Waals surface area contributed by atoms with Gasteiger partial charge in [-0.05, 0) is 36.2 Å². The minimum Gasteiger partial charge on any atom is -0.494 e. The number of hydrogen-bond donors (Lipinski definition) is 1. The fraction of sp³-hybridized carbons (Fsp3) is 0.286. The van der Waals surface area contributed by atoms with E-state index in [1.165, 1.54) is 0 Å². The average Bonchev–Trinajstić information content (AvgIpc) is 2.65. The number of rotatable bonds is 7. The zero-order valence-electron chi connectivity index (χ0n) is 14.6. The normalized spacial score (nSPS) is 16.1. The maximum atomic E-state index is 12.8. The summed E-state index contributed by atoms with van der Waals surface area (Å²) in [6.07, 6.45) is 3.69. The number of benzene rings is 2. The zero-order valence-corrected chi connectivity index (χ0v) is 14.6. The first kappa shape index (κ1) is 17.1. The third-order valence-electron chi connectivity index (χ3n) is 4.31. The molecule has 1 atom stereocenters. The van der Waals surface area contributed by atoms with Gasteiger partial charge in [0.1, 0.15) is 11.9 Å². The van der Waals surface area contributed by atoms with E-state index in [-0.39, 0.29) is 12.1 Å². The Labute approximate surface area is 149 Å². The molecule has 0 spiro atoms. The molecule has 1 heterocycles. The first-order chi connectivity index (χ1) is 12.2. The van der Waals surface area contributed by atoms with Crippen LogP contribution in [0.3, 0.4) is 0 Å². The molecule has 4 heteroatoms. The minimum absolute atomic E-state index is 0.0162. The molecule has 1 unspecified atom stereocenters. The van der Waals surface area contributed by atoms with Gasteiger partial charge in [-0.3, -0.25) is 4.79 Å². The van der Waals surface area contributed by atoms with E-state index in [4.69, 9.17) is 4.74 Å². The molecular weight excluding hydrogens is 312 g/mol. The molecule has 0 saturated carbocycles. The lowest BCUT2D eigenvalue weighted by Gasteiger charge is -2.37. The van der Waals surface area contributed by atoms with Crippen LogP contribution in [0, 0.1) is 0 Å². The predicted molar refractivity (Wildman–Crippen MR) is 101 cm³/mol. The Bertz CT molecular complexity index is 740. The molecule has 1 aliphatic heterocycles. The van der Waals surface area contributed by atoms with Gasteiger partial charge in [-0.25, -0.2) is 0 Å². The second-order valence-corrected chi connectivity index (χ2v) is 6.11. The van der Waals surface area contributed by atoms with Crippen LogP contribution in [0.15, 0.2) is 61.2 Å². The lowest BCUT2D eigenvalue weighted by molar-refractivity contribution is 0.0707. The van der Waals surface area contributed by atoms with E-state index < -0.39 is 0 Å². The molecule has 1 aliphatic rings. The molecular formula is C21H24N2O2. The SMILES string of the molecule is C=CCN1C(=O)c2ccccc2NC1c1ccc(OCCCC)cc1. The van der Waals surface area contributed by atoms with Crippen molar-refractivity contribution in [1.82, 2.24) is 4.90 Å². The number of ether oxygens (including phenoxy) is 1. The van der Waals surface area contributed by atoms with Crippen LogP contribution in [0.2, 0.25) is 0 Å². The van der Waals surface area contributed by atoms with Gasteiger partial charge in [0, 0.05) is 12.2 Å². The van der Waals surface area contributed by atoms with E-state index in [2.05, 4.69) is 18.8 Å². The highest BCUT2D eigenvalue weighted by Crippen LogP contribution is 2.33. The van der Waals surface area contributed by atoms with Gasteiger partial charge >= 0.3 is 0 Å². The monoisotopic (exact) mass is 336 g/mol. The van der Waals surface area contributed by atoms with Crippen LogP contribution in [0.4, 0.5) is 5.69 Å². The van der Waals surface area contributed by atoms with Gasteiger partial charge in [-0.15, -0.1) is 6.58 Å². The molecule has 0 aliphatic carbocycles. The van der Waals surface area contributed by atoms with Crippen molar-refractivity contribution in [1.29, 1.82) is 0 Å². The summed E-state index contributed by atoms with van der Waals surface area (Å²) in [6.45, 7) is 7.14. The summed E-state index contributed by atoms with van der Waals surface area (Å²) in [6, 6.07) is 15.5. The number of unbranched alkanes of at least 4 members (excludes halogenated alkanes) is 1. The van der Waals surface area contributed by atoms with Crippen LogP contribution >= 0.6 is 0 Å². The van der Waals surface area contributed by atoms with E-state index >= 15 is 0 Å². The molecule has 0 radical (unpaired) electrons. The number of para-hydroxylation sites is 1. The molecule has 25 heavy (non-hydrogen) atoms. The molecule has 4 nitrogen and oxygen atoms in total. The standard InChI is InChI=1S/C21H24N2O2/c1-3-5-15-25-17-12-10-16(11-13-17)20-22-19-9-7-6-8-18(19)21(24)23(20)14-4-2/h4,6-13,20,22H,2-3,5,14-15H2,1H3. The maximum Gasteiger partial charge on any atom is 0.258 e. The smallest absolute Gasteiger partial charge is 0.258 e. The van der Waals surface area contributed by atoms with Crippen molar-refractivity contribution in [3.63, 3.8) is 0 Å². The van der Waals surface area contributed by atoms with Crippen molar-refractivity contribution in [2.24, 2.45) is 0 Å². The molecule has 1 amide bonds. The number of carbonyl (C=O) groups excluding carboxylic acids is 1. The number of anilines is 1. The van der Waals surface area contributed by atoms with E-state index in [1.54, 1.807) is 11.0 Å². The number of nitrogens with zero attached hydrogens (tertiary/aromatic N) is 1. The van der Waals surface area contributed by atoms with Crippen LogP contribution in [-0.2, 0) is 0 Å². The highest BCUT2D eigenvalue weighted by atomic mass is 16.5. The molecule has 2 aromatic rings. The molecule has 0 aromatic heterocycles. The van der Waals surface area contributed by atoms with Gasteiger partial charge in [-0.1, -0.05) is 43.7 Å². The highest BCUT2D eigenvalue weighted by Gasteiger charge is 2.31. The highest BCUT2D eigenvalue weighted by molar-refractivity contribution is 6.01. The first-order valence-corrected chi connectivity index (χ1v) is 8.74.